The molecule has 4 nitrogen and oxygen atoms in total. The zero-order valence-corrected chi connectivity index (χ0v) is 15.7. The van der Waals surface area contributed by atoms with E-state index >= 15 is 0 Å². The Hall–Kier alpha value is -2.05. The van der Waals surface area contributed by atoms with E-state index in [2.05, 4.69) is 64.7 Å². The molecule has 4 rings (SSSR count). The lowest BCUT2D eigenvalue weighted by atomic mass is 10.1. The topological polar surface area (TPSA) is 40.5 Å². The van der Waals surface area contributed by atoms with Crippen LogP contribution in [0.5, 0.6) is 0 Å². The van der Waals surface area contributed by atoms with Gasteiger partial charge in [-0.3, -0.25) is 0 Å². The third-order valence-corrected chi connectivity index (χ3v) is 6.20. The zero-order valence-electron chi connectivity index (χ0n) is 14.1. The number of fused-ring (bicyclic) bond motifs is 1. The SMILES string of the molecule is CN1CCSC1=Nc1ccccc1CCNc1nc2ccccc2s1. The average Bonchev–Trinajstić information content (AvgIpc) is 3.22. The van der Waals surface area contributed by atoms with Crippen molar-refractivity contribution < 1.29 is 0 Å². The maximum atomic E-state index is 4.86. The molecule has 0 bridgehead atoms. The first-order valence-corrected chi connectivity index (χ1v) is 10.2. The second kappa shape index (κ2) is 7.45. The van der Waals surface area contributed by atoms with Gasteiger partial charge in [0.25, 0.3) is 0 Å². The van der Waals surface area contributed by atoms with Crippen molar-refractivity contribution in [1.29, 1.82) is 0 Å². The number of thiazole rings is 1. The molecule has 1 fully saturated rings. The average molecular weight is 369 g/mol. The molecular weight excluding hydrogens is 348 g/mol. The minimum absolute atomic E-state index is 0.852. The third-order valence-electron chi connectivity index (χ3n) is 4.16. The van der Waals surface area contributed by atoms with Gasteiger partial charge in [0.2, 0.25) is 0 Å². The Morgan fingerprint density at radius 3 is 2.84 bits per heavy atom. The highest BCUT2D eigenvalue weighted by Gasteiger charge is 2.15. The summed E-state index contributed by atoms with van der Waals surface area (Å²) in [7, 11) is 2.11. The monoisotopic (exact) mass is 368 g/mol. The van der Waals surface area contributed by atoms with E-state index in [4.69, 9.17) is 4.99 Å². The zero-order chi connectivity index (χ0) is 17.1. The minimum atomic E-state index is 0.852. The van der Waals surface area contributed by atoms with E-state index in [0.717, 1.165) is 46.8 Å². The van der Waals surface area contributed by atoms with Gasteiger partial charge in [0.1, 0.15) is 0 Å². The fourth-order valence-corrected chi connectivity index (χ4v) is 4.70. The third kappa shape index (κ3) is 3.80. The summed E-state index contributed by atoms with van der Waals surface area (Å²) in [6.45, 7) is 1.93. The highest BCUT2D eigenvalue weighted by Crippen LogP contribution is 2.27. The van der Waals surface area contributed by atoms with Gasteiger partial charge in [0.15, 0.2) is 10.3 Å². The van der Waals surface area contributed by atoms with E-state index in [9.17, 15) is 0 Å². The molecule has 25 heavy (non-hydrogen) atoms. The molecule has 0 amide bonds. The number of rotatable bonds is 5. The molecule has 2 heterocycles. The van der Waals surface area contributed by atoms with E-state index in [0.29, 0.717) is 0 Å². The molecule has 0 unspecified atom stereocenters. The van der Waals surface area contributed by atoms with Crippen molar-refractivity contribution >= 4 is 49.3 Å². The molecule has 2 aromatic carbocycles. The molecule has 0 atom stereocenters. The number of hydrogen-bond donors (Lipinski definition) is 1. The molecule has 0 spiro atoms. The Morgan fingerprint density at radius 2 is 2.00 bits per heavy atom. The van der Waals surface area contributed by atoms with Crippen LogP contribution < -0.4 is 5.32 Å². The normalized spacial score (nSPS) is 16.0. The molecule has 1 saturated heterocycles. The van der Waals surface area contributed by atoms with Crippen molar-refractivity contribution in [3.8, 4) is 0 Å². The number of benzene rings is 2. The van der Waals surface area contributed by atoms with Crippen molar-refractivity contribution in [2.75, 3.05) is 31.2 Å². The van der Waals surface area contributed by atoms with Crippen molar-refractivity contribution in [2.24, 2.45) is 4.99 Å². The van der Waals surface area contributed by atoms with Crippen LogP contribution in [0.15, 0.2) is 53.5 Å². The van der Waals surface area contributed by atoms with Gasteiger partial charge in [-0.15, -0.1) is 0 Å². The molecule has 0 radical (unpaired) electrons. The first-order chi connectivity index (χ1) is 12.3. The lowest BCUT2D eigenvalue weighted by molar-refractivity contribution is 0.563. The number of para-hydroxylation sites is 2. The van der Waals surface area contributed by atoms with Gasteiger partial charge >= 0.3 is 0 Å². The predicted molar refractivity (Wildman–Crippen MR) is 110 cm³/mol. The molecule has 0 saturated carbocycles. The maximum absolute atomic E-state index is 4.86. The number of nitrogens with one attached hydrogen (secondary N) is 1. The molecule has 1 aliphatic rings. The van der Waals surface area contributed by atoms with Gasteiger partial charge in [0.05, 0.1) is 15.9 Å². The van der Waals surface area contributed by atoms with Crippen molar-refractivity contribution in [1.82, 2.24) is 9.88 Å². The maximum Gasteiger partial charge on any atom is 0.183 e. The molecule has 1 aliphatic heterocycles. The molecule has 1 aromatic heterocycles. The minimum Gasteiger partial charge on any atom is -0.361 e. The lowest BCUT2D eigenvalue weighted by Gasteiger charge is -2.11. The molecule has 128 valence electrons. The van der Waals surface area contributed by atoms with Gasteiger partial charge < -0.3 is 10.2 Å². The Labute approximate surface area is 156 Å². The van der Waals surface area contributed by atoms with Crippen LogP contribution in [-0.4, -0.2) is 40.9 Å². The van der Waals surface area contributed by atoms with Gasteiger partial charge in [0, 0.05) is 25.9 Å². The van der Waals surface area contributed by atoms with Crippen LogP contribution in [-0.2, 0) is 6.42 Å². The number of amidine groups is 1. The second-order valence-electron chi connectivity index (χ2n) is 5.96. The summed E-state index contributed by atoms with van der Waals surface area (Å²) in [6.07, 6.45) is 0.928. The number of anilines is 1. The number of aliphatic imine (C=N–C) groups is 1. The Kier molecular flexibility index (Phi) is 4.90. The van der Waals surface area contributed by atoms with Crippen molar-refractivity contribution in [3.05, 3.63) is 54.1 Å². The Bertz CT molecular complexity index is 870. The number of thioether (sulfide) groups is 1. The smallest absolute Gasteiger partial charge is 0.183 e. The van der Waals surface area contributed by atoms with Gasteiger partial charge in [-0.25, -0.2) is 9.98 Å². The summed E-state index contributed by atoms with van der Waals surface area (Å²) in [5.74, 6) is 1.12. The molecule has 1 N–H and O–H groups in total. The Balaban J connectivity index is 1.44. The van der Waals surface area contributed by atoms with Crippen LogP contribution in [0.3, 0.4) is 0 Å². The fourth-order valence-electron chi connectivity index (χ4n) is 2.78. The van der Waals surface area contributed by atoms with E-state index in [1.807, 2.05) is 17.8 Å². The number of nitrogens with zero attached hydrogens (tertiary/aromatic N) is 3. The van der Waals surface area contributed by atoms with Gasteiger partial charge in [-0.2, -0.15) is 0 Å². The van der Waals surface area contributed by atoms with E-state index < -0.39 is 0 Å². The van der Waals surface area contributed by atoms with Crippen molar-refractivity contribution in [2.45, 2.75) is 6.42 Å². The standard InChI is InChI=1S/C19H20N4S2/c1-23-12-13-24-19(23)22-15-7-3-2-6-14(15)10-11-20-18-21-16-8-4-5-9-17(16)25-18/h2-9H,10-13H2,1H3,(H,20,21). The second-order valence-corrected chi connectivity index (χ2v) is 8.05. The number of hydrogen-bond acceptors (Lipinski definition) is 5. The summed E-state index contributed by atoms with van der Waals surface area (Å²) in [5.41, 5.74) is 3.40. The van der Waals surface area contributed by atoms with E-state index in [-0.39, 0.29) is 0 Å². The molecular formula is C19H20N4S2. The van der Waals surface area contributed by atoms with Crippen LogP contribution >= 0.6 is 23.1 Å². The predicted octanol–water partition coefficient (Wildman–Crippen LogP) is 4.62. The quantitative estimate of drug-likeness (QED) is 0.713. The molecule has 0 aliphatic carbocycles. The summed E-state index contributed by atoms with van der Waals surface area (Å²) in [4.78, 5) is 11.7. The van der Waals surface area contributed by atoms with E-state index in [1.165, 1.54) is 10.3 Å². The van der Waals surface area contributed by atoms with Crippen LogP contribution in [0, 0.1) is 0 Å². The van der Waals surface area contributed by atoms with E-state index in [1.54, 1.807) is 11.3 Å². The fraction of sp³-hybridized carbons (Fsp3) is 0.263. The first-order valence-electron chi connectivity index (χ1n) is 8.39. The van der Waals surface area contributed by atoms with Crippen LogP contribution in [0.2, 0.25) is 0 Å². The summed E-state index contributed by atoms with van der Waals surface area (Å²) < 4.78 is 1.22. The highest BCUT2D eigenvalue weighted by atomic mass is 32.2. The lowest BCUT2D eigenvalue weighted by Crippen LogP contribution is -2.17. The first kappa shape index (κ1) is 16.4. The summed E-state index contributed by atoms with van der Waals surface area (Å²) >= 11 is 3.53. The Morgan fingerprint density at radius 1 is 1.16 bits per heavy atom. The van der Waals surface area contributed by atoms with Crippen LogP contribution in [0.25, 0.3) is 10.2 Å². The van der Waals surface area contributed by atoms with Crippen molar-refractivity contribution in [3.63, 3.8) is 0 Å². The summed E-state index contributed by atoms with van der Waals surface area (Å²) in [6, 6.07) is 16.7. The van der Waals surface area contributed by atoms with Gasteiger partial charge in [-0.05, 0) is 30.2 Å². The van der Waals surface area contributed by atoms with Crippen LogP contribution in [0.4, 0.5) is 10.8 Å². The molecule has 3 aromatic rings. The molecule has 6 heteroatoms. The number of aromatic nitrogens is 1. The highest BCUT2D eigenvalue weighted by molar-refractivity contribution is 8.14. The van der Waals surface area contributed by atoms with Crippen LogP contribution in [0.1, 0.15) is 5.56 Å². The van der Waals surface area contributed by atoms with Gasteiger partial charge in [-0.1, -0.05) is 53.4 Å². The summed E-state index contributed by atoms with van der Waals surface area (Å²) in [5, 5.41) is 5.56. The largest absolute Gasteiger partial charge is 0.361 e.